The van der Waals surface area contributed by atoms with Crippen LogP contribution in [0.4, 0.5) is 18.9 Å². The van der Waals surface area contributed by atoms with E-state index in [1.54, 1.807) is 38.2 Å². The zero-order valence-corrected chi connectivity index (χ0v) is 15.8. The van der Waals surface area contributed by atoms with Gasteiger partial charge in [-0.3, -0.25) is 14.2 Å². The topological polar surface area (TPSA) is 64.0 Å². The van der Waals surface area contributed by atoms with E-state index < -0.39 is 22.9 Å². The molecule has 3 rings (SSSR count). The van der Waals surface area contributed by atoms with Gasteiger partial charge in [0.2, 0.25) is 5.91 Å². The maximum Gasteiger partial charge on any atom is 0.416 e. The van der Waals surface area contributed by atoms with Gasteiger partial charge in [-0.1, -0.05) is 23.9 Å². The van der Waals surface area contributed by atoms with Crippen LogP contribution in [0.15, 0.2) is 58.5 Å². The average Bonchev–Trinajstić information content (AvgIpc) is 2.65. The van der Waals surface area contributed by atoms with Gasteiger partial charge in [-0.15, -0.1) is 0 Å². The Morgan fingerprint density at radius 2 is 1.79 bits per heavy atom. The molecule has 0 fully saturated rings. The number of hydrogen-bond donors (Lipinski definition) is 1. The van der Waals surface area contributed by atoms with Crippen molar-refractivity contribution in [3.8, 4) is 0 Å². The molecule has 9 heteroatoms. The highest BCUT2D eigenvalue weighted by Gasteiger charge is 2.30. The molecule has 1 heterocycles. The summed E-state index contributed by atoms with van der Waals surface area (Å²) in [6.07, 6.45) is -4.43. The lowest BCUT2D eigenvalue weighted by Gasteiger charge is -2.14. The Labute approximate surface area is 162 Å². The monoisotopic (exact) mass is 407 g/mol. The van der Waals surface area contributed by atoms with E-state index in [4.69, 9.17) is 0 Å². The van der Waals surface area contributed by atoms with E-state index in [9.17, 15) is 22.8 Å². The second-order valence-corrected chi connectivity index (χ2v) is 7.41. The predicted octanol–water partition coefficient (Wildman–Crippen LogP) is 4.07. The minimum Gasteiger partial charge on any atom is -0.325 e. The Bertz CT molecular complexity index is 1080. The lowest BCUT2D eigenvalue weighted by atomic mass is 10.2. The molecule has 146 valence electrons. The first-order chi connectivity index (χ1) is 13.2. The summed E-state index contributed by atoms with van der Waals surface area (Å²) >= 11 is 1.09. The summed E-state index contributed by atoms with van der Waals surface area (Å²) in [5.74, 6) is -0.410. The number of amides is 1. The Morgan fingerprint density at radius 1 is 1.14 bits per heavy atom. The van der Waals surface area contributed by atoms with E-state index >= 15 is 0 Å². The van der Waals surface area contributed by atoms with Gasteiger partial charge in [0.25, 0.3) is 5.56 Å². The number of aromatic nitrogens is 2. The summed E-state index contributed by atoms with van der Waals surface area (Å²) in [5.41, 5.74) is -0.221. The summed E-state index contributed by atoms with van der Waals surface area (Å²) in [4.78, 5) is 29.2. The van der Waals surface area contributed by atoms with Crippen molar-refractivity contribution < 1.29 is 18.0 Å². The number of carbonyl (C=O) groups is 1. The highest BCUT2D eigenvalue weighted by Crippen LogP contribution is 2.30. The van der Waals surface area contributed by atoms with Gasteiger partial charge >= 0.3 is 6.18 Å². The Balaban J connectivity index is 1.75. The number of nitrogens with zero attached hydrogens (tertiary/aromatic N) is 2. The number of nitrogens with one attached hydrogen (secondary N) is 1. The summed E-state index contributed by atoms with van der Waals surface area (Å²) in [6, 6.07) is 11.1. The number of alkyl halides is 3. The zero-order chi connectivity index (χ0) is 20.5. The van der Waals surface area contributed by atoms with Crippen LogP contribution >= 0.6 is 11.8 Å². The number of anilines is 1. The van der Waals surface area contributed by atoms with Crippen molar-refractivity contribution in [2.75, 3.05) is 5.32 Å². The molecule has 0 saturated carbocycles. The van der Waals surface area contributed by atoms with Crippen molar-refractivity contribution >= 4 is 34.3 Å². The van der Waals surface area contributed by atoms with Crippen LogP contribution in [0.1, 0.15) is 12.5 Å². The molecule has 1 unspecified atom stereocenters. The van der Waals surface area contributed by atoms with E-state index in [1.807, 2.05) is 0 Å². The van der Waals surface area contributed by atoms with E-state index in [0.29, 0.717) is 16.1 Å². The number of thioether (sulfide) groups is 1. The van der Waals surface area contributed by atoms with Crippen molar-refractivity contribution in [2.45, 2.75) is 23.5 Å². The Kier molecular flexibility index (Phi) is 5.46. The van der Waals surface area contributed by atoms with Gasteiger partial charge in [-0.05, 0) is 43.3 Å². The van der Waals surface area contributed by atoms with Crippen molar-refractivity contribution in [2.24, 2.45) is 7.05 Å². The molecule has 0 saturated heterocycles. The molecular formula is C19H16F3N3O2S. The van der Waals surface area contributed by atoms with Gasteiger partial charge in [0.15, 0.2) is 5.16 Å². The normalized spacial score (nSPS) is 12.8. The molecule has 0 aliphatic rings. The maximum atomic E-state index is 12.6. The maximum absolute atomic E-state index is 12.6. The molecule has 0 aliphatic heterocycles. The quantitative estimate of drug-likeness (QED) is 0.523. The van der Waals surface area contributed by atoms with Crippen LogP contribution in [0, 0.1) is 0 Å². The molecule has 28 heavy (non-hydrogen) atoms. The van der Waals surface area contributed by atoms with Crippen LogP contribution in [-0.2, 0) is 18.0 Å². The lowest BCUT2D eigenvalue weighted by molar-refractivity contribution is -0.137. The number of rotatable bonds is 4. The number of para-hydroxylation sites is 1. The first-order valence-corrected chi connectivity index (χ1v) is 9.15. The van der Waals surface area contributed by atoms with Crippen molar-refractivity contribution in [1.29, 1.82) is 0 Å². The third-order valence-electron chi connectivity index (χ3n) is 4.07. The first kappa shape index (κ1) is 19.9. The van der Waals surface area contributed by atoms with Crippen molar-refractivity contribution in [1.82, 2.24) is 9.55 Å². The number of benzene rings is 2. The molecule has 1 amide bonds. The Hall–Kier alpha value is -2.81. The van der Waals surface area contributed by atoms with Gasteiger partial charge in [0.1, 0.15) is 0 Å². The summed E-state index contributed by atoms with van der Waals surface area (Å²) in [7, 11) is 1.57. The molecule has 0 spiro atoms. The van der Waals surface area contributed by atoms with Gasteiger partial charge in [0, 0.05) is 12.7 Å². The number of fused-ring (bicyclic) bond motifs is 1. The fourth-order valence-corrected chi connectivity index (χ4v) is 3.38. The van der Waals surface area contributed by atoms with Crippen LogP contribution in [0.25, 0.3) is 10.9 Å². The molecule has 1 atom stereocenters. The van der Waals surface area contributed by atoms with Gasteiger partial charge in [0.05, 0.1) is 21.7 Å². The third-order valence-corrected chi connectivity index (χ3v) is 5.22. The van der Waals surface area contributed by atoms with Crippen LogP contribution in [0.5, 0.6) is 0 Å². The summed E-state index contributed by atoms with van der Waals surface area (Å²) in [6.45, 7) is 1.63. The summed E-state index contributed by atoms with van der Waals surface area (Å²) in [5, 5.41) is 2.80. The molecule has 0 aliphatic carbocycles. The molecule has 1 N–H and O–H groups in total. The molecular weight excluding hydrogens is 391 g/mol. The highest BCUT2D eigenvalue weighted by atomic mass is 32.2. The van der Waals surface area contributed by atoms with Crippen LogP contribution < -0.4 is 10.9 Å². The molecule has 3 aromatic rings. The van der Waals surface area contributed by atoms with Crippen LogP contribution in [0.2, 0.25) is 0 Å². The third kappa shape index (κ3) is 4.19. The van der Waals surface area contributed by atoms with Gasteiger partial charge in [-0.25, -0.2) is 4.98 Å². The largest absolute Gasteiger partial charge is 0.416 e. The van der Waals surface area contributed by atoms with E-state index in [-0.39, 0.29) is 11.2 Å². The van der Waals surface area contributed by atoms with E-state index in [2.05, 4.69) is 10.3 Å². The average molecular weight is 407 g/mol. The standard InChI is InChI=1S/C19H16F3N3O2S/c1-11(16(26)23-13-9-7-12(8-10-13)19(20,21)22)28-18-24-15-6-4-3-5-14(15)17(27)25(18)2/h3-11H,1-2H3,(H,23,26). The summed E-state index contributed by atoms with van der Waals surface area (Å²) < 4.78 is 39.2. The number of carbonyl (C=O) groups excluding carboxylic acids is 1. The second kappa shape index (κ2) is 7.67. The number of hydrogen-bond acceptors (Lipinski definition) is 4. The van der Waals surface area contributed by atoms with Gasteiger partial charge < -0.3 is 5.32 Å². The Morgan fingerprint density at radius 3 is 2.43 bits per heavy atom. The fraction of sp³-hybridized carbons (Fsp3) is 0.211. The fourth-order valence-electron chi connectivity index (χ4n) is 2.50. The molecule has 1 aromatic heterocycles. The molecule has 0 radical (unpaired) electrons. The van der Waals surface area contributed by atoms with Gasteiger partial charge in [-0.2, -0.15) is 13.2 Å². The van der Waals surface area contributed by atoms with Crippen LogP contribution in [0.3, 0.4) is 0 Å². The lowest BCUT2D eigenvalue weighted by Crippen LogP contribution is -2.25. The number of halogens is 3. The zero-order valence-electron chi connectivity index (χ0n) is 14.9. The van der Waals surface area contributed by atoms with E-state index in [0.717, 1.165) is 23.9 Å². The molecule has 5 nitrogen and oxygen atoms in total. The minimum absolute atomic E-state index is 0.219. The minimum atomic E-state index is -4.43. The molecule has 2 aromatic carbocycles. The first-order valence-electron chi connectivity index (χ1n) is 8.27. The van der Waals surface area contributed by atoms with E-state index in [1.165, 1.54) is 16.7 Å². The smallest absolute Gasteiger partial charge is 0.325 e. The van der Waals surface area contributed by atoms with Crippen molar-refractivity contribution in [3.63, 3.8) is 0 Å². The SMILES string of the molecule is CC(Sc1nc2ccccc2c(=O)n1C)C(=O)Nc1ccc(C(F)(F)F)cc1. The highest BCUT2D eigenvalue weighted by molar-refractivity contribution is 8.00. The van der Waals surface area contributed by atoms with Crippen molar-refractivity contribution in [3.05, 3.63) is 64.4 Å². The predicted molar refractivity (Wildman–Crippen MR) is 102 cm³/mol. The second-order valence-electron chi connectivity index (χ2n) is 6.10. The van der Waals surface area contributed by atoms with Crippen LogP contribution in [-0.4, -0.2) is 20.7 Å². The molecule has 0 bridgehead atoms.